The zero-order valence-electron chi connectivity index (χ0n) is 16.2. The van der Waals surface area contributed by atoms with Crippen LogP contribution in [0.15, 0.2) is 29.2 Å². The summed E-state index contributed by atoms with van der Waals surface area (Å²) >= 11 is 6.03. The van der Waals surface area contributed by atoms with E-state index < -0.39 is 10.0 Å². The predicted molar refractivity (Wildman–Crippen MR) is 113 cm³/mol. The van der Waals surface area contributed by atoms with Crippen molar-refractivity contribution in [1.82, 2.24) is 14.7 Å². The number of aromatic nitrogens is 2. The zero-order valence-corrected chi connectivity index (χ0v) is 17.8. The number of hydrogen-bond acceptors (Lipinski definition) is 6. The minimum atomic E-state index is -3.60. The van der Waals surface area contributed by atoms with Crippen LogP contribution >= 0.6 is 11.6 Å². The van der Waals surface area contributed by atoms with Gasteiger partial charge in [-0.3, -0.25) is 0 Å². The second-order valence-electron chi connectivity index (χ2n) is 6.94. The van der Waals surface area contributed by atoms with E-state index in [-0.39, 0.29) is 11.4 Å². The van der Waals surface area contributed by atoms with Crippen molar-refractivity contribution in [3.8, 4) is 0 Å². The van der Waals surface area contributed by atoms with Gasteiger partial charge in [0.25, 0.3) is 0 Å². The molecule has 7 nitrogen and oxygen atoms in total. The number of nitrogens with zero attached hydrogens (tertiary/aromatic N) is 3. The number of anilines is 2. The van der Waals surface area contributed by atoms with Crippen LogP contribution < -0.4 is 14.9 Å². The Morgan fingerprint density at radius 1 is 1.07 bits per heavy atom. The standard InChI is InChI=1S/C19H26ClN5O2S/c1-14-6-7-16(12-17(14)20)28(26,27)22-9-8-21-18-13-19(24-15(2)23-18)25-10-4-3-5-11-25/h6-7,12-13,22H,3-5,8-11H2,1-2H3,(H,21,23,24). The first-order chi connectivity index (χ1) is 13.3. The summed E-state index contributed by atoms with van der Waals surface area (Å²) in [5.41, 5.74) is 0.839. The molecule has 1 aliphatic heterocycles. The van der Waals surface area contributed by atoms with Gasteiger partial charge in [0.05, 0.1) is 4.90 Å². The lowest BCUT2D eigenvalue weighted by atomic mass is 10.1. The van der Waals surface area contributed by atoms with Crippen molar-refractivity contribution in [3.05, 3.63) is 40.7 Å². The van der Waals surface area contributed by atoms with Gasteiger partial charge in [0, 0.05) is 37.3 Å². The lowest BCUT2D eigenvalue weighted by Gasteiger charge is -2.28. The Labute approximate surface area is 171 Å². The fourth-order valence-corrected chi connectivity index (χ4v) is 4.43. The normalized spacial score (nSPS) is 14.9. The number of rotatable bonds is 7. The van der Waals surface area contributed by atoms with Crippen molar-refractivity contribution in [2.24, 2.45) is 0 Å². The number of piperidine rings is 1. The number of aryl methyl sites for hydroxylation is 2. The van der Waals surface area contributed by atoms with Crippen LogP contribution in [-0.2, 0) is 10.0 Å². The Hall–Kier alpha value is -1.90. The van der Waals surface area contributed by atoms with Gasteiger partial charge in [-0.05, 0) is 50.8 Å². The second kappa shape index (κ2) is 9.07. The Bertz CT molecular complexity index is 930. The van der Waals surface area contributed by atoms with Crippen LogP contribution in [-0.4, -0.2) is 44.6 Å². The molecule has 0 radical (unpaired) electrons. The molecule has 0 spiro atoms. The Balaban J connectivity index is 1.57. The van der Waals surface area contributed by atoms with Gasteiger partial charge in [0.1, 0.15) is 17.5 Å². The van der Waals surface area contributed by atoms with Gasteiger partial charge >= 0.3 is 0 Å². The molecule has 3 rings (SSSR count). The average molecular weight is 424 g/mol. The number of sulfonamides is 1. The van der Waals surface area contributed by atoms with Crippen LogP contribution in [0.5, 0.6) is 0 Å². The molecule has 1 aromatic heterocycles. The molecule has 1 saturated heterocycles. The molecule has 2 aromatic rings. The molecule has 1 aromatic carbocycles. The highest BCUT2D eigenvalue weighted by Crippen LogP contribution is 2.21. The van der Waals surface area contributed by atoms with Crippen LogP contribution in [0.1, 0.15) is 30.7 Å². The summed E-state index contributed by atoms with van der Waals surface area (Å²) in [5, 5.41) is 3.61. The molecular weight excluding hydrogens is 398 g/mol. The molecule has 9 heteroatoms. The molecule has 2 N–H and O–H groups in total. The first kappa shape index (κ1) is 20.8. The van der Waals surface area contributed by atoms with Gasteiger partial charge in [-0.1, -0.05) is 17.7 Å². The van der Waals surface area contributed by atoms with Crippen LogP contribution in [0.3, 0.4) is 0 Å². The Kier molecular flexibility index (Phi) is 6.74. The largest absolute Gasteiger partial charge is 0.369 e. The zero-order chi connectivity index (χ0) is 20.1. The molecule has 0 aliphatic carbocycles. The highest BCUT2D eigenvalue weighted by Gasteiger charge is 2.15. The van der Waals surface area contributed by atoms with E-state index in [4.69, 9.17) is 11.6 Å². The first-order valence-electron chi connectivity index (χ1n) is 9.45. The highest BCUT2D eigenvalue weighted by atomic mass is 35.5. The molecule has 2 heterocycles. The van der Waals surface area contributed by atoms with Crippen molar-refractivity contribution < 1.29 is 8.42 Å². The molecular formula is C19H26ClN5O2S. The number of nitrogens with one attached hydrogen (secondary N) is 2. The monoisotopic (exact) mass is 423 g/mol. The van der Waals surface area contributed by atoms with E-state index in [2.05, 4.69) is 24.9 Å². The quantitative estimate of drug-likeness (QED) is 0.665. The fourth-order valence-electron chi connectivity index (χ4n) is 3.13. The molecule has 28 heavy (non-hydrogen) atoms. The van der Waals surface area contributed by atoms with Crippen LogP contribution in [0.4, 0.5) is 11.6 Å². The van der Waals surface area contributed by atoms with Gasteiger partial charge < -0.3 is 10.2 Å². The third-order valence-corrected chi connectivity index (χ3v) is 6.55. The van der Waals surface area contributed by atoms with E-state index in [0.717, 1.165) is 24.5 Å². The van der Waals surface area contributed by atoms with Gasteiger partial charge in [0.15, 0.2) is 0 Å². The summed E-state index contributed by atoms with van der Waals surface area (Å²) in [4.78, 5) is 11.4. The first-order valence-corrected chi connectivity index (χ1v) is 11.3. The number of halogens is 1. The predicted octanol–water partition coefficient (Wildman–Crippen LogP) is 3.13. The summed E-state index contributed by atoms with van der Waals surface area (Å²) < 4.78 is 27.4. The lowest BCUT2D eigenvalue weighted by molar-refractivity contribution is 0.572. The summed E-state index contributed by atoms with van der Waals surface area (Å²) in [6, 6.07) is 6.63. The molecule has 1 aliphatic rings. The maximum atomic E-state index is 12.4. The van der Waals surface area contributed by atoms with Gasteiger partial charge in [0.2, 0.25) is 10.0 Å². The van der Waals surface area contributed by atoms with E-state index in [9.17, 15) is 8.42 Å². The van der Waals surface area contributed by atoms with Crippen LogP contribution in [0.25, 0.3) is 0 Å². The molecule has 0 saturated carbocycles. The number of benzene rings is 1. The number of hydrogen-bond donors (Lipinski definition) is 2. The Morgan fingerprint density at radius 2 is 1.82 bits per heavy atom. The van der Waals surface area contributed by atoms with Crippen LogP contribution in [0.2, 0.25) is 5.02 Å². The smallest absolute Gasteiger partial charge is 0.240 e. The van der Waals surface area contributed by atoms with Crippen molar-refractivity contribution >= 4 is 33.3 Å². The van der Waals surface area contributed by atoms with Crippen LogP contribution in [0, 0.1) is 13.8 Å². The van der Waals surface area contributed by atoms with Crippen molar-refractivity contribution in [3.63, 3.8) is 0 Å². The van der Waals surface area contributed by atoms with E-state index >= 15 is 0 Å². The van der Waals surface area contributed by atoms with E-state index in [0.29, 0.717) is 23.2 Å². The minimum absolute atomic E-state index is 0.161. The van der Waals surface area contributed by atoms with Crippen molar-refractivity contribution in [1.29, 1.82) is 0 Å². The summed E-state index contributed by atoms with van der Waals surface area (Å²) in [6.07, 6.45) is 3.62. The summed E-state index contributed by atoms with van der Waals surface area (Å²) in [6.45, 7) is 6.36. The average Bonchev–Trinajstić information content (AvgIpc) is 2.67. The highest BCUT2D eigenvalue weighted by molar-refractivity contribution is 7.89. The van der Waals surface area contributed by atoms with Crippen molar-refractivity contribution in [2.75, 3.05) is 36.4 Å². The fraction of sp³-hybridized carbons (Fsp3) is 0.474. The lowest BCUT2D eigenvalue weighted by Crippen LogP contribution is -2.31. The maximum absolute atomic E-state index is 12.4. The van der Waals surface area contributed by atoms with Crippen molar-refractivity contribution in [2.45, 2.75) is 38.0 Å². The Morgan fingerprint density at radius 3 is 2.54 bits per heavy atom. The van der Waals surface area contributed by atoms with E-state index in [1.807, 2.05) is 19.9 Å². The second-order valence-corrected chi connectivity index (χ2v) is 9.12. The SMILES string of the molecule is Cc1nc(NCCNS(=O)(=O)c2ccc(C)c(Cl)c2)cc(N2CCCCC2)n1. The molecule has 0 bridgehead atoms. The summed E-state index contributed by atoms with van der Waals surface area (Å²) in [7, 11) is -3.60. The van der Waals surface area contributed by atoms with Gasteiger partial charge in [-0.25, -0.2) is 23.1 Å². The van der Waals surface area contributed by atoms with E-state index in [1.165, 1.54) is 25.3 Å². The molecule has 0 amide bonds. The minimum Gasteiger partial charge on any atom is -0.369 e. The van der Waals surface area contributed by atoms with Gasteiger partial charge in [-0.15, -0.1) is 0 Å². The third-order valence-electron chi connectivity index (χ3n) is 4.68. The molecule has 0 unspecified atom stereocenters. The molecule has 1 fully saturated rings. The maximum Gasteiger partial charge on any atom is 0.240 e. The summed E-state index contributed by atoms with van der Waals surface area (Å²) in [5.74, 6) is 2.32. The molecule has 0 atom stereocenters. The topological polar surface area (TPSA) is 87.2 Å². The molecule has 152 valence electrons. The van der Waals surface area contributed by atoms with E-state index in [1.54, 1.807) is 12.1 Å². The van der Waals surface area contributed by atoms with Gasteiger partial charge in [-0.2, -0.15) is 0 Å². The third kappa shape index (κ3) is 5.33.